The highest BCUT2D eigenvalue weighted by molar-refractivity contribution is 5.66. The van der Waals surface area contributed by atoms with Gasteiger partial charge in [0, 0.05) is 6.42 Å². The number of aliphatic carboxylic acids is 1. The summed E-state index contributed by atoms with van der Waals surface area (Å²) in [5.74, 6) is -4.32. The number of carboxylic acid groups (broad SMARTS) is 1. The standard InChI is InChI=1S/C12H14F2O3/c13-12(14,7-6-11(15)16)9-17-8-10-4-2-1-3-5-10/h1-5H,6-9H2,(H,15,16). The number of benzene rings is 1. The molecule has 0 aliphatic rings. The molecule has 17 heavy (non-hydrogen) atoms. The highest BCUT2D eigenvalue weighted by Crippen LogP contribution is 2.21. The van der Waals surface area contributed by atoms with Crippen molar-refractivity contribution >= 4 is 5.97 Å². The molecule has 3 nitrogen and oxygen atoms in total. The highest BCUT2D eigenvalue weighted by Gasteiger charge is 2.29. The van der Waals surface area contributed by atoms with E-state index in [1.165, 1.54) is 0 Å². The van der Waals surface area contributed by atoms with Crippen LogP contribution in [0.2, 0.25) is 0 Å². The Kier molecular flexibility index (Phi) is 5.03. The molecule has 1 rings (SSSR count). The third-order valence-electron chi connectivity index (χ3n) is 2.13. The van der Waals surface area contributed by atoms with Gasteiger partial charge in [0.05, 0.1) is 13.0 Å². The SMILES string of the molecule is O=C(O)CCC(F)(F)COCc1ccccc1. The van der Waals surface area contributed by atoms with Crippen molar-refractivity contribution < 1.29 is 23.4 Å². The minimum atomic E-state index is -3.09. The van der Waals surface area contributed by atoms with Crippen LogP contribution in [0.3, 0.4) is 0 Å². The van der Waals surface area contributed by atoms with E-state index in [9.17, 15) is 13.6 Å². The number of halogens is 2. The number of hydrogen-bond acceptors (Lipinski definition) is 2. The maximum absolute atomic E-state index is 13.1. The molecule has 0 amide bonds. The highest BCUT2D eigenvalue weighted by atomic mass is 19.3. The van der Waals surface area contributed by atoms with Crippen molar-refractivity contribution in [3.05, 3.63) is 35.9 Å². The fourth-order valence-corrected chi connectivity index (χ4v) is 1.25. The van der Waals surface area contributed by atoms with Crippen LogP contribution >= 0.6 is 0 Å². The first-order valence-electron chi connectivity index (χ1n) is 5.21. The molecule has 0 radical (unpaired) electrons. The lowest BCUT2D eigenvalue weighted by Gasteiger charge is -2.15. The second-order valence-corrected chi connectivity index (χ2v) is 3.73. The summed E-state index contributed by atoms with van der Waals surface area (Å²) in [5, 5.41) is 8.31. The van der Waals surface area contributed by atoms with Crippen LogP contribution in [0.15, 0.2) is 30.3 Å². The maximum Gasteiger partial charge on any atom is 0.303 e. The van der Waals surface area contributed by atoms with Crippen LogP contribution in [-0.4, -0.2) is 23.6 Å². The molecule has 0 aliphatic heterocycles. The van der Waals surface area contributed by atoms with Gasteiger partial charge in [0.25, 0.3) is 5.92 Å². The zero-order valence-corrected chi connectivity index (χ0v) is 9.23. The lowest BCUT2D eigenvalue weighted by molar-refractivity contribution is -0.141. The van der Waals surface area contributed by atoms with Gasteiger partial charge >= 0.3 is 5.97 Å². The number of alkyl halides is 2. The second kappa shape index (κ2) is 6.30. The van der Waals surface area contributed by atoms with Gasteiger partial charge in [-0.1, -0.05) is 30.3 Å². The van der Waals surface area contributed by atoms with E-state index in [4.69, 9.17) is 9.84 Å². The molecule has 1 aromatic carbocycles. The van der Waals surface area contributed by atoms with E-state index >= 15 is 0 Å². The maximum atomic E-state index is 13.1. The first kappa shape index (κ1) is 13.6. The topological polar surface area (TPSA) is 46.5 Å². The lowest BCUT2D eigenvalue weighted by Crippen LogP contribution is -2.24. The molecule has 0 atom stereocenters. The van der Waals surface area contributed by atoms with E-state index < -0.39 is 31.3 Å². The summed E-state index contributed by atoms with van der Waals surface area (Å²) in [5.41, 5.74) is 0.807. The smallest absolute Gasteiger partial charge is 0.303 e. The van der Waals surface area contributed by atoms with Crippen LogP contribution in [0.25, 0.3) is 0 Å². The average Bonchev–Trinajstić information content (AvgIpc) is 2.28. The summed E-state index contributed by atoms with van der Waals surface area (Å²) in [6.07, 6.45) is -1.25. The Balaban J connectivity index is 2.27. The Morgan fingerprint density at radius 2 is 1.94 bits per heavy atom. The number of hydrogen-bond donors (Lipinski definition) is 1. The van der Waals surface area contributed by atoms with Crippen LogP contribution in [0.5, 0.6) is 0 Å². The van der Waals surface area contributed by atoms with Gasteiger partial charge in [0.15, 0.2) is 0 Å². The van der Waals surface area contributed by atoms with Crippen LogP contribution in [0, 0.1) is 0 Å². The number of carboxylic acids is 1. The van der Waals surface area contributed by atoms with Crippen molar-refractivity contribution in [3.8, 4) is 0 Å². The molecule has 0 aromatic heterocycles. The van der Waals surface area contributed by atoms with E-state index in [-0.39, 0.29) is 6.61 Å². The lowest BCUT2D eigenvalue weighted by atomic mass is 10.2. The van der Waals surface area contributed by atoms with Crippen LogP contribution in [0.1, 0.15) is 18.4 Å². The Morgan fingerprint density at radius 3 is 2.53 bits per heavy atom. The van der Waals surface area contributed by atoms with E-state index in [0.717, 1.165) is 5.56 Å². The van der Waals surface area contributed by atoms with Gasteiger partial charge in [-0.3, -0.25) is 4.79 Å². The quantitative estimate of drug-likeness (QED) is 0.802. The summed E-state index contributed by atoms with van der Waals surface area (Å²) >= 11 is 0. The summed E-state index contributed by atoms with van der Waals surface area (Å²) in [6.45, 7) is -0.654. The summed E-state index contributed by atoms with van der Waals surface area (Å²) in [6, 6.07) is 8.96. The van der Waals surface area contributed by atoms with Gasteiger partial charge in [-0.05, 0) is 5.56 Å². The Labute approximate surface area is 98.0 Å². The number of ether oxygens (including phenoxy) is 1. The predicted octanol–water partition coefficient (Wildman–Crippen LogP) is 2.70. The molecule has 1 N–H and O–H groups in total. The zero-order valence-electron chi connectivity index (χ0n) is 9.23. The van der Waals surface area contributed by atoms with Gasteiger partial charge in [-0.15, -0.1) is 0 Å². The molecule has 94 valence electrons. The largest absolute Gasteiger partial charge is 0.481 e. The molecule has 0 fully saturated rings. The molecule has 0 saturated carbocycles. The number of rotatable bonds is 7. The molecule has 0 unspecified atom stereocenters. The van der Waals surface area contributed by atoms with Crippen molar-refractivity contribution in [2.24, 2.45) is 0 Å². The molecule has 0 spiro atoms. The van der Waals surface area contributed by atoms with Crippen molar-refractivity contribution in [2.45, 2.75) is 25.4 Å². The van der Waals surface area contributed by atoms with Gasteiger partial charge in [-0.2, -0.15) is 0 Å². The molecular formula is C12H14F2O3. The van der Waals surface area contributed by atoms with Crippen LogP contribution in [0.4, 0.5) is 8.78 Å². The van der Waals surface area contributed by atoms with Crippen molar-refractivity contribution in [1.82, 2.24) is 0 Å². The number of carbonyl (C=O) groups is 1. The zero-order chi connectivity index (χ0) is 12.7. The van der Waals surface area contributed by atoms with Crippen LogP contribution < -0.4 is 0 Å². The fraction of sp³-hybridized carbons (Fsp3) is 0.417. The van der Waals surface area contributed by atoms with Gasteiger partial charge in [-0.25, -0.2) is 8.78 Å². The molecule has 1 aromatic rings. The van der Waals surface area contributed by atoms with E-state index in [2.05, 4.69) is 0 Å². The van der Waals surface area contributed by atoms with Crippen molar-refractivity contribution in [3.63, 3.8) is 0 Å². The normalized spacial score (nSPS) is 11.4. The summed E-state index contributed by atoms with van der Waals surface area (Å²) in [4.78, 5) is 10.2. The Morgan fingerprint density at radius 1 is 1.29 bits per heavy atom. The van der Waals surface area contributed by atoms with Gasteiger partial charge in [0.1, 0.15) is 6.61 Å². The van der Waals surface area contributed by atoms with E-state index in [1.807, 2.05) is 6.07 Å². The minimum Gasteiger partial charge on any atom is -0.481 e. The molecule has 0 bridgehead atoms. The monoisotopic (exact) mass is 244 g/mol. The predicted molar refractivity (Wildman–Crippen MR) is 57.9 cm³/mol. The third-order valence-corrected chi connectivity index (χ3v) is 2.13. The minimum absolute atomic E-state index is 0.101. The average molecular weight is 244 g/mol. The molecule has 0 aliphatic carbocycles. The summed E-state index contributed by atoms with van der Waals surface area (Å²) in [7, 11) is 0. The Hall–Kier alpha value is -1.49. The third kappa shape index (κ3) is 5.97. The van der Waals surface area contributed by atoms with Gasteiger partial charge in [0.2, 0.25) is 0 Å². The molecular weight excluding hydrogens is 230 g/mol. The van der Waals surface area contributed by atoms with E-state index in [0.29, 0.717) is 0 Å². The van der Waals surface area contributed by atoms with Crippen LogP contribution in [-0.2, 0) is 16.1 Å². The second-order valence-electron chi connectivity index (χ2n) is 3.73. The van der Waals surface area contributed by atoms with Crippen molar-refractivity contribution in [2.75, 3.05) is 6.61 Å². The molecule has 0 heterocycles. The molecule has 5 heteroatoms. The molecule has 0 saturated heterocycles. The summed E-state index contributed by atoms with van der Waals surface area (Å²) < 4.78 is 31.1. The Bertz CT molecular complexity index is 352. The van der Waals surface area contributed by atoms with E-state index in [1.54, 1.807) is 24.3 Å². The van der Waals surface area contributed by atoms with Gasteiger partial charge < -0.3 is 9.84 Å². The first-order chi connectivity index (χ1) is 7.99. The first-order valence-corrected chi connectivity index (χ1v) is 5.21. The van der Waals surface area contributed by atoms with Crippen molar-refractivity contribution in [1.29, 1.82) is 0 Å². The fourth-order valence-electron chi connectivity index (χ4n) is 1.25.